The molecule has 0 fully saturated rings. The molecular formula is C18H19ClN4O. The maximum atomic E-state index is 12.2. The van der Waals surface area contributed by atoms with E-state index in [1.165, 1.54) is 18.4 Å². The Morgan fingerprint density at radius 1 is 1.25 bits per heavy atom. The summed E-state index contributed by atoms with van der Waals surface area (Å²) in [6, 6.07) is 9.37. The number of halogens is 1. The van der Waals surface area contributed by atoms with E-state index < -0.39 is 0 Å². The predicted molar refractivity (Wildman–Crippen MR) is 98.8 cm³/mol. The van der Waals surface area contributed by atoms with Crippen LogP contribution in [0.25, 0.3) is 11.0 Å². The number of H-pyrrole nitrogens is 1. The summed E-state index contributed by atoms with van der Waals surface area (Å²) < 4.78 is 0. The first kappa shape index (κ1) is 16.3. The molecule has 0 aliphatic rings. The lowest BCUT2D eigenvalue weighted by Crippen LogP contribution is -2.19. The Balaban J connectivity index is 1.65. The lowest BCUT2D eigenvalue weighted by Gasteiger charge is -2.08. The Hall–Kier alpha value is -2.53. The van der Waals surface area contributed by atoms with Crippen LogP contribution in [0, 0.1) is 0 Å². The van der Waals surface area contributed by atoms with Crippen LogP contribution in [0.2, 0.25) is 5.02 Å². The number of fused-ring (bicyclic) bond motifs is 1. The number of nitrogens with zero attached hydrogens (tertiary/aromatic N) is 1. The number of benzene rings is 1. The molecule has 0 atom stereocenters. The summed E-state index contributed by atoms with van der Waals surface area (Å²) >= 11 is 5.96. The molecule has 0 saturated carbocycles. The molecule has 0 spiro atoms. The minimum atomic E-state index is -0.308. The van der Waals surface area contributed by atoms with Crippen molar-refractivity contribution in [3.8, 4) is 0 Å². The summed E-state index contributed by atoms with van der Waals surface area (Å²) in [7, 11) is 0. The van der Waals surface area contributed by atoms with E-state index in [4.69, 9.17) is 11.6 Å². The molecule has 0 radical (unpaired) electrons. The van der Waals surface area contributed by atoms with Gasteiger partial charge in [0.05, 0.1) is 10.7 Å². The Morgan fingerprint density at radius 2 is 2.04 bits per heavy atom. The Kier molecular flexibility index (Phi) is 5.01. The molecule has 3 N–H and O–H groups in total. The first-order valence-electron chi connectivity index (χ1n) is 7.95. The van der Waals surface area contributed by atoms with Crippen molar-refractivity contribution < 1.29 is 4.79 Å². The number of hydrogen-bond acceptors (Lipinski definition) is 2. The highest BCUT2D eigenvalue weighted by atomic mass is 35.5. The second-order valence-corrected chi connectivity index (χ2v) is 6.07. The van der Waals surface area contributed by atoms with Crippen molar-refractivity contribution in [1.29, 1.82) is 0 Å². The monoisotopic (exact) mass is 342 g/mol. The highest BCUT2D eigenvalue weighted by molar-refractivity contribution is 6.31. The maximum absolute atomic E-state index is 12.2. The smallest absolute Gasteiger partial charge is 0.323 e. The zero-order valence-corrected chi connectivity index (χ0v) is 14.2. The molecule has 24 heavy (non-hydrogen) atoms. The van der Waals surface area contributed by atoms with E-state index in [1.807, 2.05) is 24.3 Å². The van der Waals surface area contributed by atoms with Crippen LogP contribution in [0.3, 0.4) is 0 Å². The quantitative estimate of drug-likeness (QED) is 0.596. The number of aryl methyl sites for hydroxylation is 1. The largest absolute Gasteiger partial charge is 0.344 e. The van der Waals surface area contributed by atoms with Gasteiger partial charge < -0.3 is 15.6 Å². The third-order valence-corrected chi connectivity index (χ3v) is 3.98. The van der Waals surface area contributed by atoms with Gasteiger partial charge in [-0.3, -0.25) is 0 Å². The number of nitrogens with one attached hydrogen (secondary N) is 3. The number of hydrogen-bond donors (Lipinski definition) is 3. The standard InChI is InChI=1S/C18H19ClN4O/c1-2-3-4-12-5-7-14(8-6-12)22-18(24)23-16-11-21-17-15(16)9-13(19)10-20-17/h5-11H,2-4H2,1H3,(H,20,21)(H2,22,23,24). The van der Waals surface area contributed by atoms with Gasteiger partial charge in [-0.2, -0.15) is 0 Å². The number of pyridine rings is 1. The Morgan fingerprint density at radius 3 is 2.79 bits per heavy atom. The van der Waals surface area contributed by atoms with E-state index in [0.29, 0.717) is 16.4 Å². The van der Waals surface area contributed by atoms with E-state index in [0.717, 1.165) is 17.5 Å². The van der Waals surface area contributed by atoms with Crippen LogP contribution in [-0.4, -0.2) is 16.0 Å². The molecule has 2 amide bonds. The summed E-state index contributed by atoms with van der Waals surface area (Å²) in [6.07, 6.45) is 6.66. The summed E-state index contributed by atoms with van der Waals surface area (Å²) in [5, 5.41) is 6.93. The number of anilines is 2. The first-order chi connectivity index (χ1) is 11.7. The lowest BCUT2D eigenvalue weighted by atomic mass is 10.1. The van der Waals surface area contributed by atoms with Crippen molar-refractivity contribution in [3.05, 3.63) is 53.3 Å². The molecule has 2 aromatic heterocycles. The molecule has 0 bridgehead atoms. The summed E-state index contributed by atoms with van der Waals surface area (Å²) in [4.78, 5) is 19.3. The average Bonchev–Trinajstić information content (AvgIpc) is 2.96. The molecule has 0 unspecified atom stereocenters. The van der Waals surface area contributed by atoms with Crippen LogP contribution >= 0.6 is 11.6 Å². The number of unbranched alkanes of at least 4 members (excludes halogenated alkanes) is 1. The molecule has 3 aromatic rings. The summed E-state index contributed by atoms with van der Waals surface area (Å²) in [5.41, 5.74) is 3.34. The van der Waals surface area contributed by atoms with Crippen molar-refractivity contribution in [2.24, 2.45) is 0 Å². The number of amides is 2. The highest BCUT2D eigenvalue weighted by Crippen LogP contribution is 2.24. The van der Waals surface area contributed by atoms with Crippen LogP contribution in [0.1, 0.15) is 25.3 Å². The zero-order chi connectivity index (χ0) is 16.9. The Labute approximate surface area is 145 Å². The average molecular weight is 343 g/mol. The van der Waals surface area contributed by atoms with Crippen molar-refractivity contribution in [2.45, 2.75) is 26.2 Å². The van der Waals surface area contributed by atoms with Gasteiger partial charge in [-0.05, 0) is 36.6 Å². The van der Waals surface area contributed by atoms with Gasteiger partial charge in [-0.1, -0.05) is 37.1 Å². The molecular weight excluding hydrogens is 324 g/mol. The second-order valence-electron chi connectivity index (χ2n) is 5.63. The van der Waals surface area contributed by atoms with Gasteiger partial charge in [0, 0.05) is 23.5 Å². The minimum absolute atomic E-state index is 0.308. The molecule has 0 saturated heterocycles. The molecule has 124 valence electrons. The van der Waals surface area contributed by atoms with Gasteiger partial charge in [-0.15, -0.1) is 0 Å². The van der Waals surface area contributed by atoms with Gasteiger partial charge in [0.25, 0.3) is 0 Å². The topological polar surface area (TPSA) is 69.8 Å². The fourth-order valence-corrected chi connectivity index (χ4v) is 2.66. The van der Waals surface area contributed by atoms with E-state index >= 15 is 0 Å². The molecule has 1 aromatic carbocycles. The number of aromatic amines is 1. The molecule has 5 nitrogen and oxygen atoms in total. The van der Waals surface area contributed by atoms with E-state index in [9.17, 15) is 4.79 Å². The third kappa shape index (κ3) is 3.86. The Bertz CT molecular complexity index is 842. The van der Waals surface area contributed by atoms with Crippen molar-refractivity contribution in [3.63, 3.8) is 0 Å². The van der Waals surface area contributed by atoms with E-state index in [-0.39, 0.29) is 6.03 Å². The maximum Gasteiger partial charge on any atom is 0.323 e. The predicted octanol–water partition coefficient (Wildman–Crippen LogP) is 5.20. The number of carbonyl (C=O) groups is 1. The number of urea groups is 1. The van der Waals surface area contributed by atoms with Crippen LogP contribution in [0.15, 0.2) is 42.7 Å². The SMILES string of the molecule is CCCCc1ccc(NC(=O)Nc2c[nH]c3ncc(Cl)cc23)cc1. The summed E-state index contributed by atoms with van der Waals surface area (Å²) in [6.45, 7) is 2.17. The number of aromatic nitrogens is 2. The van der Waals surface area contributed by atoms with Crippen molar-refractivity contribution in [1.82, 2.24) is 9.97 Å². The summed E-state index contributed by atoms with van der Waals surface area (Å²) in [5.74, 6) is 0. The second kappa shape index (κ2) is 7.36. The molecule has 6 heteroatoms. The van der Waals surface area contributed by atoms with Crippen molar-refractivity contribution in [2.75, 3.05) is 10.6 Å². The van der Waals surface area contributed by atoms with Gasteiger partial charge >= 0.3 is 6.03 Å². The van der Waals surface area contributed by atoms with Gasteiger partial charge in [0.1, 0.15) is 5.65 Å². The molecule has 0 aliphatic carbocycles. The minimum Gasteiger partial charge on any atom is -0.344 e. The normalized spacial score (nSPS) is 10.8. The molecule has 3 rings (SSSR count). The van der Waals surface area contributed by atoms with Crippen molar-refractivity contribution >= 4 is 40.0 Å². The van der Waals surface area contributed by atoms with Gasteiger partial charge in [-0.25, -0.2) is 9.78 Å². The van der Waals surface area contributed by atoms with Gasteiger partial charge in [0.2, 0.25) is 0 Å². The highest BCUT2D eigenvalue weighted by Gasteiger charge is 2.09. The third-order valence-electron chi connectivity index (χ3n) is 3.78. The van der Waals surface area contributed by atoms with Crippen LogP contribution in [-0.2, 0) is 6.42 Å². The molecule has 0 aliphatic heterocycles. The number of rotatable bonds is 5. The zero-order valence-electron chi connectivity index (χ0n) is 13.4. The fraction of sp³-hybridized carbons (Fsp3) is 0.222. The first-order valence-corrected chi connectivity index (χ1v) is 8.33. The lowest BCUT2D eigenvalue weighted by molar-refractivity contribution is 0.262. The van der Waals surface area contributed by atoms with Crippen LogP contribution in [0.4, 0.5) is 16.2 Å². The van der Waals surface area contributed by atoms with E-state index in [1.54, 1.807) is 18.5 Å². The fourth-order valence-electron chi connectivity index (χ4n) is 2.50. The number of carbonyl (C=O) groups excluding carboxylic acids is 1. The van der Waals surface area contributed by atoms with Crippen LogP contribution < -0.4 is 10.6 Å². The molecule has 2 heterocycles. The van der Waals surface area contributed by atoms with Gasteiger partial charge in [0.15, 0.2) is 0 Å². The van der Waals surface area contributed by atoms with Crippen LogP contribution in [0.5, 0.6) is 0 Å². The van der Waals surface area contributed by atoms with E-state index in [2.05, 4.69) is 27.5 Å².